The molecule has 0 saturated heterocycles. The quantitative estimate of drug-likeness (QED) is 0.335. The van der Waals surface area contributed by atoms with Gasteiger partial charge in [-0.15, -0.1) is 0 Å². The van der Waals surface area contributed by atoms with Gasteiger partial charge in [-0.1, -0.05) is 66.4 Å². The van der Waals surface area contributed by atoms with Crippen LogP contribution in [-0.2, 0) is 0 Å². The smallest absolute Gasteiger partial charge is 0.165 e. The number of fused-ring (bicyclic) bond motifs is 1. The standard InChI is InChI=1S/C26H20N4S/c1-18-12-15-24(31-20-10-6-3-7-11-20)23(16-18)30-26-21-13-14-22(19-8-4-2-5-9-19)29-25(21)27-17-28-26/h2-17H,1H3,(H,27,28,29,30). The van der Waals surface area contributed by atoms with Gasteiger partial charge in [0.2, 0.25) is 0 Å². The first-order valence-electron chi connectivity index (χ1n) is 10.0. The molecule has 0 aliphatic carbocycles. The first-order valence-corrected chi connectivity index (χ1v) is 10.9. The first kappa shape index (κ1) is 19.3. The second kappa shape index (κ2) is 8.58. The van der Waals surface area contributed by atoms with Crippen LogP contribution in [0.25, 0.3) is 22.3 Å². The molecule has 5 heteroatoms. The van der Waals surface area contributed by atoms with Crippen molar-refractivity contribution in [1.29, 1.82) is 0 Å². The van der Waals surface area contributed by atoms with Crippen molar-refractivity contribution in [3.05, 3.63) is 103 Å². The molecule has 5 aromatic rings. The average Bonchev–Trinajstić information content (AvgIpc) is 2.82. The summed E-state index contributed by atoms with van der Waals surface area (Å²) in [6.45, 7) is 2.09. The minimum atomic E-state index is 0.670. The highest BCUT2D eigenvalue weighted by Gasteiger charge is 2.11. The molecule has 0 radical (unpaired) electrons. The molecule has 0 unspecified atom stereocenters. The van der Waals surface area contributed by atoms with E-state index in [9.17, 15) is 0 Å². The summed E-state index contributed by atoms with van der Waals surface area (Å²) in [6.07, 6.45) is 1.56. The topological polar surface area (TPSA) is 50.7 Å². The van der Waals surface area contributed by atoms with Gasteiger partial charge in [0.15, 0.2) is 5.65 Å². The van der Waals surface area contributed by atoms with Crippen LogP contribution < -0.4 is 5.32 Å². The molecule has 0 atom stereocenters. The molecule has 0 amide bonds. The third-order valence-corrected chi connectivity index (χ3v) is 6.01. The first-order chi connectivity index (χ1) is 15.3. The van der Waals surface area contributed by atoms with Crippen LogP contribution in [0.4, 0.5) is 11.5 Å². The molecule has 0 aliphatic rings. The molecule has 31 heavy (non-hydrogen) atoms. The molecule has 0 aliphatic heterocycles. The lowest BCUT2D eigenvalue weighted by molar-refractivity contribution is 1.18. The van der Waals surface area contributed by atoms with Gasteiger partial charge in [-0.3, -0.25) is 0 Å². The molecule has 0 fully saturated rings. The summed E-state index contributed by atoms with van der Waals surface area (Å²) in [6, 6.07) is 31.0. The fraction of sp³-hybridized carbons (Fsp3) is 0.0385. The maximum absolute atomic E-state index is 4.76. The summed E-state index contributed by atoms with van der Waals surface area (Å²) in [4.78, 5) is 16.0. The van der Waals surface area contributed by atoms with Crippen LogP contribution in [0.15, 0.2) is 107 Å². The SMILES string of the molecule is Cc1ccc(Sc2ccccc2)c(Nc2ncnc3nc(-c4ccccc4)ccc23)c1. The normalized spacial score (nSPS) is 10.9. The lowest BCUT2D eigenvalue weighted by Crippen LogP contribution is -1.99. The van der Waals surface area contributed by atoms with Crippen LogP contribution in [0.1, 0.15) is 5.56 Å². The Hall–Kier alpha value is -3.70. The summed E-state index contributed by atoms with van der Waals surface area (Å²) >= 11 is 1.73. The highest BCUT2D eigenvalue weighted by Crippen LogP contribution is 2.36. The number of benzene rings is 3. The van der Waals surface area contributed by atoms with Gasteiger partial charge >= 0.3 is 0 Å². The molecule has 2 aromatic heterocycles. The highest BCUT2D eigenvalue weighted by molar-refractivity contribution is 7.99. The summed E-state index contributed by atoms with van der Waals surface area (Å²) in [5, 5.41) is 4.41. The van der Waals surface area contributed by atoms with Crippen molar-refractivity contribution < 1.29 is 0 Å². The zero-order valence-corrected chi connectivity index (χ0v) is 17.8. The zero-order chi connectivity index (χ0) is 21.0. The van der Waals surface area contributed by atoms with Crippen LogP contribution in [0.2, 0.25) is 0 Å². The fourth-order valence-electron chi connectivity index (χ4n) is 3.39. The predicted molar refractivity (Wildman–Crippen MR) is 128 cm³/mol. The van der Waals surface area contributed by atoms with Crippen LogP contribution in [0, 0.1) is 6.92 Å². The third kappa shape index (κ3) is 4.27. The van der Waals surface area contributed by atoms with Crippen LogP contribution in [0.3, 0.4) is 0 Å². The van der Waals surface area contributed by atoms with Crippen molar-refractivity contribution >= 4 is 34.3 Å². The van der Waals surface area contributed by atoms with Crippen molar-refractivity contribution in [2.24, 2.45) is 0 Å². The van der Waals surface area contributed by atoms with E-state index >= 15 is 0 Å². The van der Waals surface area contributed by atoms with Gasteiger partial charge < -0.3 is 5.32 Å². The van der Waals surface area contributed by atoms with Gasteiger partial charge in [0.05, 0.1) is 16.8 Å². The van der Waals surface area contributed by atoms with Gasteiger partial charge in [0.1, 0.15) is 12.1 Å². The number of aryl methyl sites for hydroxylation is 1. The number of hydrogen-bond acceptors (Lipinski definition) is 5. The van der Waals surface area contributed by atoms with E-state index in [1.54, 1.807) is 18.1 Å². The van der Waals surface area contributed by atoms with E-state index in [0.29, 0.717) is 5.65 Å². The predicted octanol–water partition coefficient (Wildman–Crippen LogP) is 6.90. The molecule has 0 spiro atoms. The van der Waals surface area contributed by atoms with Crippen molar-refractivity contribution in [3.8, 4) is 11.3 Å². The zero-order valence-electron chi connectivity index (χ0n) is 17.0. The Kier molecular flexibility index (Phi) is 5.33. The number of pyridine rings is 1. The number of nitrogens with zero attached hydrogens (tertiary/aromatic N) is 3. The molecular weight excluding hydrogens is 400 g/mol. The van der Waals surface area contributed by atoms with E-state index in [1.807, 2.05) is 48.5 Å². The second-order valence-corrected chi connectivity index (χ2v) is 8.31. The Labute approximate surface area is 185 Å². The molecule has 150 valence electrons. The summed E-state index contributed by atoms with van der Waals surface area (Å²) in [5.74, 6) is 0.748. The molecule has 0 bridgehead atoms. The van der Waals surface area contributed by atoms with E-state index in [4.69, 9.17) is 4.98 Å². The Bertz CT molecular complexity index is 1340. The van der Waals surface area contributed by atoms with Crippen molar-refractivity contribution in [3.63, 3.8) is 0 Å². The van der Waals surface area contributed by atoms with E-state index in [2.05, 4.69) is 64.7 Å². The average molecular weight is 421 g/mol. The molecule has 3 aromatic carbocycles. The van der Waals surface area contributed by atoms with Crippen LogP contribution >= 0.6 is 11.8 Å². The number of hydrogen-bond donors (Lipinski definition) is 1. The number of anilines is 2. The van der Waals surface area contributed by atoms with Gasteiger partial charge in [0, 0.05) is 15.4 Å². The van der Waals surface area contributed by atoms with E-state index in [0.717, 1.165) is 33.0 Å². The molecule has 0 saturated carbocycles. The molecule has 4 nitrogen and oxygen atoms in total. The molecule has 2 heterocycles. The van der Waals surface area contributed by atoms with Gasteiger partial charge in [-0.05, 0) is 48.9 Å². The lowest BCUT2D eigenvalue weighted by Gasteiger charge is -2.14. The maximum atomic E-state index is 4.76. The van der Waals surface area contributed by atoms with Crippen molar-refractivity contribution in [2.45, 2.75) is 16.7 Å². The summed E-state index contributed by atoms with van der Waals surface area (Å²) < 4.78 is 0. The molecule has 5 rings (SSSR count). The number of aromatic nitrogens is 3. The Morgan fingerprint density at radius 3 is 2.35 bits per heavy atom. The fourth-order valence-corrected chi connectivity index (χ4v) is 4.29. The van der Waals surface area contributed by atoms with Gasteiger partial charge in [0.25, 0.3) is 0 Å². The van der Waals surface area contributed by atoms with Gasteiger partial charge in [-0.2, -0.15) is 0 Å². The summed E-state index contributed by atoms with van der Waals surface area (Å²) in [7, 11) is 0. The van der Waals surface area contributed by atoms with Crippen LogP contribution in [-0.4, -0.2) is 15.0 Å². The van der Waals surface area contributed by atoms with E-state index in [-0.39, 0.29) is 0 Å². The second-order valence-electron chi connectivity index (χ2n) is 7.20. The van der Waals surface area contributed by atoms with Crippen molar-refractivity contribution in [1.82, 2.24) is 15.0 Å². The maximum Gasteiger partial charge on any atom is 0.165 e. The molecule has 1 N–H and O–H groups in total. The minimum Gasteiger partial charge on any atom is -0.339 e. The van der Waals surface area contributed by atoms with E-state index < -0.39 is 0 Å². The minimum absolute atomic E-state index is 0.670. The monoisotopic (exact) mass is 420 g/mol. The van der Waals surface area contributed by atoms with Crippen LogP contribution in [0.5, 0.6) is 0 Å². The lowest BCUT2D eigenvalue weighted by atomic mass is 10.1. The number of rotatable bonds is 5. The van der Waals surface area contributed by atoms with Crippen molar-refractivity contribution in [2.75, 3.05) is 5.32 Å². The Balaban J connectivity index is 1.51. The Morgan fingerprint density at radius 1 is 0.774 bits per heavy atom. The van der Waals surface area contributed by atoms with Gasteiger partial charge in [-0.25, -0.2) is 15.0 Å². The molecular formula is C26H20N4S. The van der Waals surface area contributed by atoms with E-state index in [1.165, 1.54) is 10.5 Å². The number of nitrogens with one attached hydrogen (secondary N) is 1. The Morgan fingerprint density at radius 2 is 1.55 bits per heavy atom. The summed E-state index contributed by atoms with van der Waals surface area (Å²) in [5.41, 5.74) is 4.83. The highest BCUT2D eigenvalue weighted by atomic mass is 32.2. The largest absolute Gasteiger partial charge is 0.339 e. The third-order valence-electron chi connectivity index (χ3n) is 4.93.